The third kappa shape index (κ3) is 5.05. The number of esters is 1. The molecule has 0 unspecified atom stereocenters. The van der Waals surface area contributed by atoms with Crippen LogP contribution in [-0.4, -0.2) is 23.5 Å². The minimum absolute atomic E-state index is 0.159. The van der Waals surface area contributed by atoms with Gasteiger partial charge in [0, 0.05) is 29.0 Å². The van der Waals surface area contributed by atoms with E-state index >= 15 is 0 Å². The second-order valence-electron chi connectivity index (χ2n) is 10.3. The largest absolute Gasteiger partial charge is 0.450 e. The molecule has 1 aromatic heterocycles. The summed E-state index contributed by atoms with van der Waals surface area (Å²) in [6.45, 7) is 5.67. The normalized spacial score (nSPS) is 20.8. The number of para-hydroxylation sites is 1. The standard InChI is InChI=1S/C32H34N2O2/c1-3-32(2)20-18-28(34-22-32)30(26-19-21-33-27-17-11-10-16-25(26)27)36-31(35)29(23-12-6-4-7-13-23)24-14-8-5-9-15-24/h4-17,19,21,28-30,34H,3,18,20,22H2,1-2H3/p+1/t28-,30+,32+/m1/s1. The monoisotopic (exact) mass is 479 g/mol. The number of pyridine rings is 1. The third-order valence-corrected chi connectivity index (χ3v) is 7.97. The van der Waals surface area contributed by atoms with Crippen molar-refractivity contribution in [2.75, 3.05) is 6.54 Å². The van der Waals surface area contributed by atoms with E-state index in [0.717, 1.165) is 53.4 Å². The number of quaternary nitrogens is 1. The second-order valence-corrected chi connectivity index (χ2v) is 10.3. The van der Waals surface area contributed by atoms with Gasteiger partial charge in [0.05, 0.1) is 12.1 Å². The number of nitrogens with zero attached hydrogens (tertiary/aromatic N) is 1. The van der Waals surface area contributed by atoms with Gasteiger partial charge in [-0.25, -0.2) is 0 Å². The summed E-state index contributed by atoms with van der Waals surface area (Å²) in [5.74, 6) is -0.692. The van der Waals surface area contributed by atoms with E-state index < -0.39 is 5.92 Å². The van der Waals surface area contributed by atoms with E-state index in [2.05, 4.69) is 30.2 Å². The number of carbonyl (C=O) groups is 1. The molecule has 0 bridgehead atoms. The molecule has 0 saturated carbocycles. The number of nitrogens with two attached hydrogens (primary N) is 1. The topological polar surface area (TPSA) is 55.8 Å². The van der Waals surface area contributed by atoms with E-state index in [1.807, 2.05) is 91.1 Å². The lowest BCUT2D eigenvalue weighted by Crippen LogP contribution is -2.95. The molecule has 3 aromatic carbocycles. The van der Waals surface area contributed by atoms with Gasteiger partial charge in [-0.05, 0) is 36.1 Å². The summed E-state index contributed by atoms with van der Waals surface area (Å²) in [7, 11) is 0. The average molecular weight is 480 g/mol. The van der Waals surface area contributed by atoms with Gasteiger partial charge in [-0.1, -0.05) is 92.7 Å². The van der Waals surface area contributed by atoms with Crippen LogP contribution in [-0.2, 0) is 9.53 Å². The Balaban J connectivity index is 1.53. The van der Waals surface area contributed by atoms with E-state index in [0.29, 0.717) is 5.41 Å². The van der Waals surface area contributed by atoms with E-state index in [9.17, 15) is 4.79 Å². The van der Waals surface area contributed by atoms with Crippen molar-refractivity contribution in [2.45, 2.75) is 51.2 Å². The van der Waals surface area contributed by atoms with Crippen molar-refractivity contribution in [2.24, 2.45) is 5.41 Å². The first-order valence-electron chi connectivity index (χ1n) is 13.1. The molecule has 1 aliphatic heterocycles. The number of aromatic nitrogens is 1. The number of benzene rings is 3. The number of piperidine rings is 1. The number of fused-ring (bicyclic) bond motifs is 1. The van der Waals surface area contributed by atoms with Crippen LogP contribution in [0.15, 0.2) is 97.2 Å². The maximum absolute atomic E-state index is 14.0. The molecule has 0 aliphatic carbocycles. The molecule has 2 N–H and O–H groups in total. The van der Waals surface area contributed by atoms with Gasteiger partial charge in [0.1, 0.15) is 12.0 Å². The molecule has 1 saturated heterocycles. The Kier molecular flexibility index (Phi) is 7.15. The molecule has 0 amide bonds. The molecule has 4 aromatic rings. The molecule has 0 radical (unpaired) electrons. The zero-order chi connectivity index (χ0) is 25.0. The first-order valence-corrected chi connectivity index (χ1v) is 13.1. The predicted octanol–water partition coefficient (Wildman–Crippen LogP) is 5.79. The van der Waals surface area contributed by atoms with E-state index in [-0.39, 0.29) is 18.1 Å². The maximum atomic E-state index is 14.0. The first-order chi connectivity index (χ1) is 17.6. The third-order valence-electron chi connectivity index (χ3n) is 7.97. The van der Waals surface area contributed by atoms with Crippen molar-refractivity contribution >= 4 is 16.9 Å². The Morgan fingerprint density at radius 1 is 0.972 bits per heavy atom. The number of hydrogen-bond donors (Lipinski definition) is 1. The van der Waals surface area contributed by atoms with Gasteiger partial charge in [0.15, 0.2) is 6.10 Å². The smallest absolute Gasteiger partial charge is 0.318 e. The molecule has 4 nitrogen and oxygen atoms in total. The van der Waals surface area contributed by atoms with Gasteiger partial charge in [0.2, 0.25) is 0 Å². The average Bonchev–Trinajstić information content (AvgIpc) is 2.93. The van der Waals surface area contributed by atoms with Crippen LogP contribution in [0, 0.1) is 5.41 Å². The van der Waals surface area contributed by atoms with E-state index in [1.165, 1.54) is 0 Å². The summed E-state index contributed by atoms with van der Waals surface area (Å²) in [5.41, 5.74) is 4.17. The van der Waals surface area contributed by atoms with Gasteiger partial charge in [0.25, 0.3) is 0 Å². The minimum atomic E-state index is -0.479. The van der Waals surface area contributed by atoms with Crippen molar-refractivity contribution in [1.82, 2.24) is 4.98 Å². The first kappa shape index (κ1) is 24.2. The zero-order valence-electron chi connectivity index (χ0n) is 21.1. The highest BCUT2D eigenvalue weighted by Gasteiger charge is 2.40. The molecular formula is C32H35N2O2+. The maximum Gasteiger partial charge on any atom is 0.318 e. The molecule has 5 rings (SSSR count). The molecule has 184 valence electrons. The van der Waals surface area contributed by atoms with Crippen LogP contribution in [0.3, 0.4) is 0 Å². The summed E-state index contributed by atoms with van der Waals surface area (Å²) in [6, 6.07) is 30.2. The SMILES string of the molecule is CC[C@@]1(C)CC[C@H]([C@@H](OC(=O)C(c2ccccc2)c2ccccc2)c2ccnc3ccccc23)[NH2+]C1. The molecule has 2 heterocycles. The van der Waals surface area contributed by atoms with Crippen molar-refractivity contribution in [3.8, 4) is 0 Å². The molecule has 1 aliphatic rings. The van der Waals surface area contributed by atoms with Crippen LogP contribution in [0.4, 0.5) is 0 Å². The lowest BCUT2D eigenvalue weighted by molar-refractivity contribution is -0.717. The molecule has 36 heavy (non-hydrogen) atoms. The number of carbonyl (C=O) groups excluding carboxylic acids is 1. The Morgan fingerprint density at radius 3 is 2.22 bits per heavy atom. The summed E-state index contributed by atoms with van der Waals surface area (Å²) in [5, 5.41) is 3.45. The van der Waals surface area contributed by atoms with Crippen molar-refractivity contribution < 1.29 is 14.8 Å². The Morgan fingerprint density at radius 2 is 1.61 bits per heavy atom. The zero-order valence-corrected chi connectivity index (χ0v) is 21.1. The van der Waals surface area contributed by atoms with Crippen LogP contribution in [0.1, 0.15) is 61.8 Å². The summed E-state index contributed by atoms with van der Waals surface area (Å²) in [6.07, 6.45) is 4.76. The number of ether oxygens (including phenoxy) is 1. The minimum Gasteiger partial charge on any atom is -0.450 e. The summed E-state index contributed by atoms with van der Waals surface area (Å²) in [4.78, 5) is 18.6. The Bertz CT molecular complexity index is 1250. The fourth-order valence-electron chi connectivity index (χ4n) is 5.46. The van der Waals surface area contributed by atoms with Crippen LogP contribution in [0.5, 0.6) is 0 Å². The molecule has 3 atom stereocenters. The lowest BCUT2D eigenvalue weighted by Gasteiger charge is -2.38. The molecule has 1 fully saturated rings. The predicted molar refractivity (Wildman–Crippen MR) is 144 cm³/mol. The molecular weight excluding hydrogens is 444 g/mol. The van der Waals surface area contributed by atoms with Gasteiger partial charge in [-0.2, -0.15) is 0 Å². The fraction of sp³-hybridized carbons (Fsp3) is 0.312. The number of rotatable bonds is 7. The fourth-order valence-corrected chi connectivity index (χ4v) is 5.46. The quantitative estimate of drug-likeness (QED) is 0.341. The van der Waals surface area contributed by atoms with Crippen molar-refractivity contribution in [3.05, 3.63) is 114 Å². The van der Waals surface area contributed by atoms with Crippen LogP contribution < -0.4 is 5.32 Å². The van der Waals surface area contributed by atoms with Gasteiger partial charge < -0.3 is 10.1 Å². The van der Waals surface area contributed by atoms with Gasteiger partial charge in [-0.15, -0.1) is 0 Å². The van der Waals surface area contributed by atoms with Gasteiger partial charge >= 0.3 is 5.97 Å². The molecule has 0 spiro atoms. The number of hydrogen-bond acceptors (Lipinski definition) is 3. The highest BCUT2D eigenvalue weighted by Crippen LogP contribution is 2.36. The summed E-state index contributed by atoms with van der Waals surface area (Å²) >= 11 is 0. The van der Waals surface area contributed by atoms with E-state index in [4.69, 9.17) is 4.74 Å². The van der Waals surface area contributed by atoms with Crippen molar-refractivity contribution in [3.63, 3.8) is 0 Å². The second kappa shape index (κ2) is 10.6. The lowest BCUT2D eigenvalue weighted by atomic mass is 9.77. The molecule has 4 heteroatoms. The highest BCUT2D eigenvalue weighted by atomic mass is 16.5. The highest BCUT2D eigenvalue weighted by molar-refractivity contribution is 5.85. The summed E-state index contributed by atoms with van der Waals surface area (Å²) < 4.78 is 6.56. The van der Waals surface area contributed by atoms with Crippen molar-refractivity contribution in [1.29, 1.82) is 0 Å². The van der Waals surface area contributed by atoms with Crippen LogP contribution in [0.25, 0.3) is 10.9 Å². The Hall–Kier alpha value is -3.50. The van der Waals surface area contributed by atoms with Crippen LogP contribution in [0.2, 0.25) is 0 Å². The van der Waals surface area contributed by atoms with E-state index in [1.54, 1.807) is 0 Å². The Labute approximate surface area is 213 Å². The van der Waals surface area contributed by atoms with Gasteiger partial charge in [-0.3, -0.25) is 9.78 Å². The van der Waals surface area contributed by atoms with Crippen LogP contribution >= 0.6 is 0 Å².